The van der Waals surface area contributed by atoms with Crippen molar-refractivity contribution in [2.45, 2.75) is 13.1 Å². The van der Waals surface area contributed by atoms with Crippen LogP contribution in [0.5, 0.6) is 11.5 Å². The van der Waals surface area contributed by atoms with Crippen LogP contribution in [0.4, 0.5) is 23.3 Å². The second-order valence-corrected chi connectivity index (χ2v) is 8.96. The molecule has 35 heavy (non-hydrogen) atoms. The number of aromatic nitrogens is 4. The lowest BCUT2D eigenvalue weighted by atomic mass is 10.2. The Morgan fingerprint density at radius 2 is 1.71 bits per heavy atom. The van der Waals surface area contributed by atoms with Gasteiger partial charge in [-0.25, -0.2) is 4.98 Å². The number of hydrogen-bond donors (Lipinski definition) is 2. The van der Waals surface area contributed by atoms with Crippen LogP contribution < -0.4 is 19.9 Å². The van der Waals surface area contributed by atoms with Crippen molar-refractivity contribution < 1.29 is 4.74 Å². The molecular formula is C26H28N8O. The molecule has 0 amide bonds. The van der Waals surface area contributed by atoms with Crippen molar-refractivity contribution in [3.8, 4) is 11.5 Å². The smallest absolute Gasteiger partial charge is 0.227 e. The summed E-state index contributed by atoms with van der Waals surface area (Å²) >= 11 is 0. The molecule has 0 aliphatic carbocycles. The highest BCUT2D eigenvalue weighted by Crippen LogP contribution is 2.33. The highest BCUT2D eigenvalue weighted by Gasteiger charge is 2.27. The number of rotatable bonds is 6. The molecule has 0 saturated carbocycles. The number of benzene rings is 2. The molecule has 0 spiro atoms. The van der Waals surface area contributed by atoms with Gasteiger partial charge in [0.05, 0.1) is 18.8 Å². The first kappa shape index (κ1) is 21.4. The summed E-state index contributed by atoms with van der Waals surface area (Å²) < 4.78 is 5.98. The monoisotopic (exact) mass is 468 g/mol. The molecular weight excluding hydrogens is 440 g/mol. The van der Waals surface area contributed by atoms with Crippen LogP contribution in [-0.4, -0.2) is 58.3 Å². The zero-order chi connectivity index (χ0) is 23.6. The van der Waals surface area contributed by atoms with Crippen molar-refractivity contribution in [2.75, 3.05) is 48.3 Å². The highest BCUT2D eigenvalue weighted by atomic mass is 16.5. The number of hydrogen-bond acceptors (Lipinski definition) is 8. The third-order valence-corrected chi connectivity index (χ3v) is 6.46. The number of ether oxygens (including phenoxy) is 1. The Labute approximate surface area is 204 Å². The Kier molecular flexibility index (Phi) is 5.67. The van der Waals surface area contributed by atoms with Gasteiger partial charge in [0.15, 0.2) is 5.82 Å². The van der Waals surface area contributed by atoms with E-state index in [1.165, 1.54) is 0 Å². The van der Waals surface area contributed by atoms with Crippen LogP contribution in [0.1, 0.15) is 11.3 Å². The lowest BCUT2D eigenvalue weighted by molar-refractivity contribution is 0.311. The fourth-order valence-electron chi connectivity index (χ4n) is 4.48. The standard InChI is InChI=1S/C26H28N8O/c1-32-12-14-33(15-13-32)26-27-11-10-24(29-26)34-17-22-23(18-34)30-31-25(22)28-19-6-5-9-21(16-19)35-20-7-3-2-4-8-20/h2-11,16H,12-15,17-18H2,1H3,(H2,28,30,31). The molecule has 2 N–H and O–H groups in total. The summed E-state index contributed by atoms with van der Waals surface area (Å²) in [6.45, 7) is 5.42. The summed E-state index contributed by atoms with van der Waals surface area (Å²) in [5, 5.41) is 11.2. The molecule has 2 aromatic heterocycles. The first-order valence-corrected chi connectivity index (χ1v) is 11.9. The van der Waals surface area contributed by atoms with E-state index in [1.54, 1.807) is 0 Å². The lowest BCUT2D eigenvalue weighted by Gasteiger charge is -2.32. The largest absolute Gasteiger partial charge is 0.457 e. The number of piperazine rings is 1. The summed E-state index contributed by atoms with van der Waals surface area (Å²) in [7, 11) is 2.15. The van der Waals surface area contributed by atoms with Gasteiger partial charge in [-0.1, -0.05) is 24.3 Å². The molecule has 1 fully saturated rings. The van der Waals surface area contributed by atoms with Crippen molar-refractivity contribution in [2.24, 2.45) is 0 Å². The van der Waals surface area contributed by atoms with E-state index in [1.807, 2.05) is 66.9 Å². The number of fused-ring (bicyclic) bond motifs is 1. The van der Waals surface area contributed by atoms with Crippen LogP contribution in [0.25, 0.3) is 0 Å². The Morgan fingerprint density at radius 3 is 2.57 bits per heavy atom. The minimum Gasteiger partial charge on any atom is -0.457 e. The average Bonchev–Trinajstić information content (AvgIpc) is 3.48. The maximum absolute atomic E-state index is 5.98. The number of aromatic amines is 1. The van der Waals surface area contributed by atoms with Gasteiger partial charge in [0.25, 0.3) is 0 Å². The summed E-state index contributed by atoms with van der Waals surface area (Å²) in [6, 6.07) is 19.7. The number of nitrogens with zero attached hydrogens (tertiary/aromatic N) is 6. The van der Waals surface area contributed by atoms with Crippen LogP contribution >= 0.6 is 0 Å². The quantitative estimate of drug-likeness (QED) is 0.439. The maximum atomic E-state index is 5.98. The summed E-state index contributed by atoms with van der Waals surface area (Å²) in [5.41, 5.74) is 3.17. The van der Waals surface area contributed by atoms with Crippen LogP contribution in [0.3, 0.4) is 0 Å². The molecule has 6 rings (SSSR count). The molecule has 9 nitrogen and oxygen atoms in total. The molecule has 2 aliphatic rings. The molecule has 2 aliphatic heterocycles. The summed E-state index contributed by atoms with van der Waals surface area (Å²) in [4.78, 5) is 16.3. The topological polar surface area (TPSA) is 85.4 Å². The van der Waals surface area contributed by atoms with Gasteiger partial charge in [-0.2, -0.15) is 10.1 Å². The van der Waals surface area contributed by atoms with Crippen molar-refractivity contribution in [3.05, 3.63) is 78.1 Å². The second-order valence-electron chi connectivity index (χ2n) is 8.96. The molecule has 178 valence electrons. The van der Waals surface area contributed by atoms with E-state index >= 15 is 0 Å². The minimum absolute atomic E-state index is 0.730. The van der Waals surface area contributed by atoms with Gasteiger partial charge in [0, 0.05) is 49.7 Å². The maximum Gasteiger partial charge on any atom is 0.227 e. The Hall–Kier alpha value is -4.11. The molecule has 2 aromatic carbocycles. The van der Waals surface area contributed by atoms with E-state index < -0.39 is 0 Å². The van der Waals surface area contributed by atoms with Gasteiger partial charge in [0.1, 0.15) is 17.3 Å². The van der Waals surface area contributed by atoms with Crippen LogP contribution in [0, 0.1) is 0 Å². The molecule has 0 bridgehead atoms. The fourth-order valence-corrected chi connectivity index (χ4v) is 4.48. The fraction of sp³-hybridized carbons (Fsp3) is 0.269. The summed E-state index contributed by atoms with van der Waals surface area (Å²) in [5.74, 6) is 4.14. The zero-order valence-electron chi connectivity index (χ0n) is 19.7. The zero-order valence-corrected chi connectivity index (χ0v) is 19.7. The first-order valence-electron chi connectivity index (χ1n) is 11.9. The van der Waals surface area contributed by atoms with E-state index in [-0.39, 0.29) is 0 Å². The molecule has 0 unspecified atom stereocenters. The van der Waals surface area contributed by atoms with Crippen molar-refractivity contribution >= 4 is 23.3 Å². The van der Waals surface area contributed by atoms with E-state index in [4.69, 9.17) is 9.72 Å². The van der Waals surface area contributed by atoms with Gasteiger partial charge in [0.2, 0.25) is 5.95 Å². The van der Waals surface area contributed by atoms with Gasteiger partial charge in [-0.3, -0.25) is 5.10 Å². The third kappa shape index (κ3) is 4.63. The number of likely N-dealkylation sites (N-methyl/N-ethyl adjacent to an activating group) is 1. The number of anilines is 4. The predicted molar refractivity (Wildman–Crippen MR) is 136 cm³/mol. The number of para-hydroxylation sites is 1. The van der Waals surface area contributed by atoms with Crippen LogP contribution in [0.15, 0.2) is 66.9 Å². The molecule has 0 atom stereocenters. The van der Waals surface area contributed by atoms with E-state index in [0.29, 0.717) is 0 Å². The molecule has 4 aromatic rings. The van der Waals surface area contributed by atoms with Crippen molar-refractivity contribution in [3.63, 3.8) is 0 Å². The first-order chi connectivity index (χ1) is 17.2. The number of H-pyrrole nitrogens is 1. The molecule has 9 heteroatoms. The molecule has 0 radical (unpaired) electrons. The van der Waals surface area contributed by atoms with Gasteiger partial charge >= 0.3 is 0 Å². The van der Waals surface area contributed by atoms with E-state index in [0.717, 1.165) is 85.3 Å². The Bertz CT molecular complexity index is 1300. The normalized spacial score (nSPS) is 15.8. The SMILES string of the molecule is CN1CCN(c2nccc(N3Cc4[nH]nc(Nc5cccc(Oc6ccccc6)c5)c4C3)n2)CC1. The third-order valence-electron chi connectivity index (χ3n) is 6.46. The second kappa shape index (κ2) is 9.27. The highest BCUT2D eigenvalue weighted by molar-refractivity contribution is 5.64. The Balaban J connectivity index is 1.15. The Morgan fingerprint density at radius 1 is 0.886 bits per heavy atom. The van der Waals surface area contributed by atoms with E-state index in [2.05, 4.69) is 42.2 Å². The predicted octanol–water partition coefficient (Wildman–Crippen LogP) is 4.01. The van der Waals surface area contributed by atoms with Crippen LogP contribution in [-0.2, 0) is 13.1 Å². The minimum atomic E-state index is 0.730. The van der Waals surface area contributed by atoms with Crippen LogP contribution in [0.2, 0.25) is 0 Å². The van der Waals surface area contributed by atoms with Gasteiger partial charge in [-0.05, 0) is 37.4 Å². The lowest BCUT2D eigenvalue weighted by Crippen LogP contribution is -2.45. The van der Waals surface area contributed by atoms with Gasteiger partial charge in [-0.15, -0.1) is 0 Å². The number of nitrogens with one attached hydrogen (secondary N) is 2. The van der Waals surface area contributed by atoms with E-state index in [9.17, 15) is 0 Å². The average molecular weight is 469 g/mol. The molecule has 4 heterocycles. The molecule has 1 saturated heterocycles. The van der Waals surface area contributed by atoms with Crippen molar-refractivity contribution in [1.29, 1.82) is 0 Å². The van der Waals surface area contributed by atoms with Gasteiger partial charge < -0.3 is 24.8 Å². The summed E-state index contributed by atoms with van der Waals surface area (Å²) in [6.07, 6.45) is 1.86. The van der Waals surface area contributed by atoms with Crippen molar-refractivity contribution in [1.82, 2.24) is 25.1 Å².